The van der Waals surface area contributed by atoms with Crippen LogP contribution in [0.15, 0.2) is 41.6 Å². The second-order valence-electron chi connectivity index (χ2n) is 6.56. The highest BCUT2D eigenvalue weighted by molar-refractivity contribution is 7.89. The number of carbonyl (C=O) groups is 1. The van der Waals surface area contributed by atoms with Gasteiger partial charge in [0.05, 0.1) is 10.7 Å². The Morgan fingerprint density at radius 3 is 2.75 bits per heavy atom. The highest BCUT2D eigenvalue weighted by Gasteiger charge is 2.29. The number of carbonyl (C=O) groups excluding carboxylic acids is 1. The van der Waals surface area contributed by atoms with Crippen LogP contribution in [-0.2, 0) is 10.0 Å². The van der Waals surface area contributed by atoms with Crippen LogP contribution in [-0.4, -0.2) is 46.3 Å². The molecule has 1 N–H and O–H groups in total. The molecule has 0 bridgehead atoms. The van der Waals surface area contributed by atoms with Gasteiger partial charge in [0.1, 0.15) is 10.5 Å². The lowest BCUT2D eigenvalue weighted by Crippen LogP contribution is -2.28. The Balaban J connectivity index is 1.67. The van der Waals surface area contributed by atoms with Gasteiger partial charge in [-0.3, -0.25) is 4.79 Å². The monoisotopic (exact) mass is 419 g/mol. The Labute approximate surface area is 167 Å². The summed E-state index contributed by atoms with van der Waals surface area (Å²) in [4.78, 5) is 17.0. The summed E-state index contributed by atoms with van der Waals surface area (Å²) in [7, 11) is -3.70. The number of anilines is 1. The van der Waals surface area contributed by atoms with Crippen molar-refractivity contribution in [1.29, 1.82) is 0 Å². The Hall–Kier alpha value is -2.49. The predicted octanol–water partition coefficient (Wildman–Crippen LogP) is 2.73. The molecule has 0 atom stereocenters. The van der Waals surface area contributed by atoms with Crippen LogP contribution in [0, 0.1) is 6.92 Å². The molecule has 3 aromatic rings. The molecule has 1 aliphatic rings. The van der Waals surface area contributed by atoms with Crippen molar-refractivity contribution in [2.24, 2.45) is 0 Å². The van der Waals surface area contributed by atoms with Crippen molar-refractivity contribution < 1.29 is 13.2 Å². The maximum Gasteiger partial charge on any atom is 0.261 e. The highest BCUT2D eigenvalue weighted by atomic mass is 35.5. The van der Waals surface area contributed by atoms with Crippen molar-refractivity contribution in [2.45, 2.75) is 24.7 Å². The van der Waals surface area contributed by atoms with E-state index in [0.717, 1.165) is 12.8 Å². The fraction of sp³-hybridized carbons (Fsp3) is 0.278. The summed E-state index contributed by atoms with van der Waals surface area (Å²) in [6.45, 7) is 2.67. The van der Waals surface area contributed by atoms with Gasteiger partial charge < -0.3 is 5.32 Å². The zero-order valence-electron chi connectivity index (χ0n) is 15.1. The van der Waals surface area contributed by atoms with Gasteiger partial charge in [0.2, 0.25) is 10.0 Å². The number of sulfonamides is 1. The third-order valence-corrected chi connectivity index (χ3v) is 7.05. The maximum absolute atomic E-state index is 12.9. The van der Waals surface area contributed by atoms with E-state index in [1.54, 1.807) is 31.5 Å². The van der Waals surface area contributed by atoms with Gasteiger partial charge in [-0.05, 0) is 44.0 Å². The van der Waals surface area contributed by atoms with Gasteiger partial charge in [0.15, 0.2) is 5.65 Å². The Morgan fingerprint density at radius 1 is 1.25 bits per heavy atom. The van der Waals surface area contributed by atoms with E-state index in [1.807, 2.05) is 0 Å². The third kappa shape index (κ3) is 3.25. The quantitative estimate of drug-likeness (QED) is 0.701. The second kappa shape index (κ2) is 7.16. The Bertz CT molecular complexity index is 1170. The lowest BCUT2D eigenvalue weighted by Gasteiger charge is -2.17. The van der Waals surface area contributed by atoms with Gasteiger partial charge in [-0.25, -0.2) is 17.9 Å². The molecule has 0 spiro atoms. The summed E-state index contributed by atoms with van der Waals surface area (Å²) in [6, 6.07) is 6.15. The molecule has 1 saturated heterocycles. The first-order chi connectivity index (χ1) is 13.4. The number of rotatable bonds is 4. The molecule has 0 aliphatic carbocycles. The number of hydrogen-bond acceptors (Lipinski definition) is 5. The first kappa shape index (κ1) is 18.9. The number of fused-ring (bicyclic) bond motifs is 1. The highest BCUT2D eigenvalue weighted by Crippen LogP contribution is 2.30. The van der Waals surface area contributed by atoms with E-state index in [9.17, 15) is 13.2 Å². The average Bonchev–Trinajstić information content (AvgIpc) is 3.30. The van der Waals surface area contributed by atoms with E-state index >= 15 is 0 Å². The van der Waals surface area contributed by atoms with Crippen molar-refractivity contribution in [3.05, 3.63) is 52.9 Å². The van der Waals surface area contributed by atoms with Crippen LogP contribution in [0.2, 0.25) is 5.02 Å². The predicted molar refractivity (Wildman–Crippen MR) is 105 cm³/mol. The zero-order chi connectivity index (χ0) is 19.9. The largest absolute Gasteiger partial charge is 0.322 e. The molecule has 1 aromatic carbocycles. The smallest absolute Gasteiger partial charge is 0.261 e. The van der Waals surface area contributed by atoms with Crippen LogP contribution in [0.1, 0.15) is 28.9 Å². The maximum atomic E-state index is 12.9. The van der Waals surface area contributed by atoms with Crippen molar-refractivity contribution >= 4 is 38.9 Å². The van der Waals surface area contributed by atoms with Crippen LogP contribution in [0.25, 0.3) is 5.65 Å². The van der Waals surface area contributed by atoms with E-state index in [2.05, 4.69) is 15.4 Å². The van der Waals surface area contributed by atoms with Gasteiger partial charge >= 0.3 is 0 Å². The molecule has 10 heteroatoms. The van der Waals surface area contributed by atoms with Crippen LogP contribution in [0.3, 0.4) is 0 Å². The van der Waals surface area contributed by atoms with Gasteiger partial charge in [-0.15, -0.1) is 0 Å². The average molecular weight is 420 g/mol. The molecular weight excluding hydrogens is 402 g/mol. The van der Waals surface area contributed by atoms with E-state index < -0.39 is 15.9 Å². The number of halogens is 1. The van der Waals surface area contributed by atoms with Gasteiger partial charge in [0.25, 0.3) is 5.91 Å². The van der Waals surface area contributed by atoms with Crippen molar-refractivity contribution in [3.8, 4) is 0 Å². The van der Waals surface area contributed by atoms with Crippen LogP contribution in [0.4, 0.5) is 5.69 Å². The molecule has 28 heavy (non-hydrogen) atoms. The van der Waals surface area contributed by atoms with Crippen LogP contribution >= 0.6 is 11.6 Å². The van der Waals surface area contributed by atoms with Gasteiger partial charge in [0, 0.05) is 31.2 Å². The first-order valence-electron chi connectivity index (χ1n) is 8.79. The molecule has 2 aromatic heterocycles. The molecule has 1 fully saturated rings. The van der Waals surface area contributed by atoms with Crippen molar-refractivity contribution in [3.63, 3.8) is 0 Å². The molecule has 0 saturated carbocycles. The normalized spacial score (nSPS) is 15.2. The van der Waals surface area contributed by atoms with Crippen LogP contribution in [0.5, 0.6) is 0 Å². The SMILES string of the molecule is Cc1nn2cccnc2c1C(=O)Nc1ccc(Cl)c(S(=O)(=O)N2CCCC2)c1. The number of benzene rings is 1. The molecule has 8 nitrogen and oxygen atoms in total. The summed E-state index contributed by atoms with van der Waals surface area (Å²) in [5, 5.41) is 7.13. The summed E-state index contributed by atoms with van der Waals surface area (Å²) in [6.07, 6.45) is 4.94. The minimum absolute atomic E-state index is 0.0106. The molecule has 3 heterocycles. The molecule has 146 valence electrons. The zero-order valence-corrected chi connectivity index (χ0v) is 16.7. The topological polar surface area (TPSA) is 96.7 Å². The number of amides is 1. The summed E-state index contributed by atoms with van der Waals surface area (Å²) in [5.41, 5.74) is 1.62. The van der Waals surface area contributed by atoms with E-state index in [0.29, 0.717) is 35.7 Å². The summed E-state index contributed by atoms with van der Waals surface area (Å²) < 4.78 is 28.7. The number of nitrogens with zero attached hydrogens (tertiary/aromatic N) is 4. The van der Waals surface area contributed by atoms with E-state index in [4.69, 9.17) is 11.6 Å². The third-order valence-electron chi connectivity index (χ3n) is 4.67. The number of nitrogens with one attached hydrogen (secondary N) is 1. The summed E-state index contributed by atoms with van der Waals surface area (Å²) in [5.74, 6) is -0.418. The van der Waals surface area contributed by atoms with Gasteiger partial charge in [-0.2, -0.15) is 9.40 Å². The van der Waals surface area contributed by atoms with E-state index in [-0.39, 0.29) is 9.92 Å². The lowest BCUT2D eigenvalue weighted by molar-refractivity contribution is 0.102. The lowest BCUT2D eigenvalue weighted by atomic mass is 10.2. The molecule has 1 amide bonds. The fourth-order valence-electron chi connectivity index (χ4n) is 3.30. The van der Waals surface area contributed by atoms with Crippen LogP contribution < -0.4 is 5.32 Å². The van der Waals surface area contributed by atoms with E-state index in [1.165, 1.54) is 21.0 Å². The van der Waals surface area contributed by atoms with Crippen molar-refractivity contribution in [1.82, 2.24) is 18.9 Å². The molecule has 0 unspecified atom stereocenters. The van der Waals surface area contributed by atoms with Gasteiger partial charge in [-0.1, -0.05) is 11.6 Å². The number of aromatic nitrogens is 3. The Kier molecular flexibility index (Phi) is 4.82. The minimum Gasteiger partial charge on any atom is -0.322 e. The second-order valence-corrected chi connectivity index (χ2v) is 8.87. The number of hydrogen-bond donors (Lipinski definition) is 1. The Morgan fingerprint density at radius 2 is 2.00 bits per heavy atom. The minimum atomic E-state index is -3.70. The first-order valence-corrected chi connectivity index (χ1v) is 10.6. The molecule has 1 aliphatic heterocycles. The molecule has 4 rings (SSSR count). The van der Waals surface area contributed by atoms with Crippen molar-refractivity contribution in [2.75, 3.05) is 18.4 Å². The molecular formula is C18H18ClN5O3S. The number of aryl methyl sites for hydroxylation is 1. The standard InChI is InChI=1S/C18H18ClN5O3S/c1-12-16(17-20-7-4-10-24(17)22-12)18(25)21-13-5-6-14(19)15(11-13)28(26,27)23-8-2-3-9-23/h4-7,10-11H,2-3,8-9H2,1H3,(H,21,25). The fourth-order valence-corrected chi connectivity index (χ4v) is 5.32. The summed E-state index contributed by atoms with van der Waals surface area (Å²) >= 11 is 6.16. The molecule has 0 radical (unpaired) electrons.